The smallest absolute Gasteiger partial charge is 0.343 e. The van der Waals surface area contributed by atoms with Gasteiger partial charge in [-0.3, -0.25) is 14.3 Å². The lowest BCUT2D eigenvalue weighted by atomic mass is 10.1. The molecule has 1 amide bonds. The van der Waals surface area contributed by atoms with Crippen molar-refractivity contribution in [2.75, 3.05) is 0 Å². The standard InChI is InChI=1S/C14H17N5O2/c1-9-11(3-2-7-15-9)13(20)16-10-4-5-12-17-18-14(21)19(12)8-6-10/h2-3,7,10H,4-6,8H2,1H3,(H,16,20)(H,18,21). The van der Waals surface area contributed by atoms with Gasteiger partial charge in [-0.15, -0.1) is 0 Å². The summed E-state index contributed by atoms with van der Waals surface area (Å²) in [5.41, 5.74) is 1.13. The van der Waals surface area contributed by atoms with E-state index in [1.165, 1.54) is 0 Å². The fraction of sp³-hybridized carbons (Fsp3) is 0.429. The van der Waals surface area contributed by atoms with Crippen molar-refractivity contribution in [1.29, 1.82) is 0 Å². The zero-order valence-corrected chi connectivity index (χ0v) is 11.8. The summed E-state index contributed by atoms with van der Waals surface area (Å²) in [7, 11) is 0. The minimum absolute atomic E-state index is 0.0400. The van der Waals surface area contributed by atoms with Gasteiger partial charge >= 0.3 is 5.69 Å². The first-order chi connectivity index (χ1) is 10.1. The van der Waals surface area contributed by atoms with E-state index in [0.29, 0.717) is 24.2 Å². The molecule has 110 valence electrons. The molecule has 3 rings (SSSR count). The van der Waals surface area contributed by atoms with Gasteiger partial charge in [0.25, 0.3) is 5.91 Å². The number of carbonyl (C=O) groups excluding carboxylic acids is 1. The SMILES string of the molecule is Cc1ncccc1C(=O)NC1CCc2n[nH]c(=O)n2CC1. The van der Waals surface area contributed by atoms with E-state index in [9.17, 15) is 9.59 Å². The van der Waals surface area contributed by atoms with Crippen LogP contribution in [0, 0.1) is 6.92 Å². The Labute approximate surface area is 121 Å². The maximum Gasteiger partial charge on any atom is 0.343 e. The van der Waals surface area contributed by atoms with Gasteiger partial charge in [-0.05, 0) is 31.9 Å². The van der Waals surface area contributed by atoms with Gasteiger partial charge < -0.3 is 5.32 Å². The maximum absolute atomic E-state index is 12.3. The molecule has 1 unspecified atom stereocenters. The largest absolute Gasteiger partial charge is 0.349 e. The number of hydrogen-bond acceptors (Lipinski definition) is 4. The van der Waals surface area contributed by atoms with Crippen LogP contribution in [-0.4, -0.2) is 31.7 Å². The van der Waals surface area contributed by atoms with Crippen LogP contribution in [0.1, 0.15) is 34.7 Å². The molecule has 0 fully saturated rings. The number of aromatic amines is 1. The van der Waals surface area contributed by atoms with E-state index in [1.807, 2.05) is 6.92 Å². The normalized spacial score (nSPS) is 17.9. The molecule has 3 heterocycles. The first-order valence-corrected chi connectivity index (χ1v) is 7.01. The average Bonchev–Trinajstić information content (AvgIpc) is 2.70. The molecule has 0 aromatic carbocycles. The zero-order valence-electron chi connectivity index (χ0n) is 11.8. The van der Waals surface area contributed by atoms with Gasteiger partial charge in [0.05, 0.1) is 5.56 Å². The van der Waals surface area contributed by atoms with Crippen molar-refractivity contribution >= 4 is 5.91 Å². The highest BCUT2D eigenvalue weighted by Gasteiger charge is 2.21. The Bertz CT molecular complexity index is 718. The summed E-state index contributed by atoms with van der Waals surface area (Å²) in [5, 5.41) is 9.49. The Morgan fingerprint density at radius 3 is 3.14 bits per heavy atom. The number of nitrogens with zero attached hydrogens (tertiary/aromatic N) is 3. The summed E-state index contributed by atoms with van der Waals surface area (Å²) in [5.74, 6) is 0.647. The van der Waals surface area contributed by atoms with Gasteiger partial charge in [-0.25, -0.2) is 9.89 Å². The highest BCUT2D eigenvalue weighted by Crippen LogP contribution is 2.12. The van der Waals surface area contributed by atoms with E-state index in [-0.39, 0.29) is 17.6 Å². The Kier molecular flexibility index (Phi) is 3.55. The van der Waals surface area contributed by atoms with Crippen LogP contribution in [-0.2, 0) is 13.0 Å². The second kappa shape index (κ2) is 5.51. The van der Waals surface area contributed by atoms with Gasteiger partial charge in [0.1, 0.15) is 5.82 Å². The number of carbonyl (C=O) groups is 1. The van der Waals surface area contributed by atoms with E-state index in [0.717, 1.165) is 18.7 Å². The molecule has 0 aliphatic carbocycles. The van der Waals surface area contributed by atoms with Crippen molar-refractivity contribution in [3.8, 4) is 0 Å². The van der Waals surface area contributed by atoms with E-state index in [4.69, 9.17) is 0 Å². The van der Waals surface area contributed by atoms with Crippen molar-refractivity contribution in [2.24, 2.45) is 0 Å². The van der Waals surface area contributed by atoms with Crippen molar-refractivity contribution in [3.05, 3.63) is 45.9 Å². The van der Waals surface area contributed by atoms with Crippen LogP contribution in [0.2, 0.25) is 0 Å². The fourth-order valence-electron chi connectivity index (χ4n) is 2.64. The molecule has 7 heteroatoms. The highest BCUT2D eigenvalue weighted by molar-refractivity contribution is 5.95. The van der Waals surface area contributed by atoms with Crippen LogP contribution in [0.15, 0.2) is 23.1 Å². The van der Waals surface area contributed by atoms with E-state index < -0.39 is 0 Å². The third kappa shape index (κ3) is 2.72. The third-order valence-corrected chi connectivity index (χ3v) is 3.84. The molecular weight excluding hydrogens is 270 g/mol. The summed E-state index contributed by atoms with van der Waals surface area (Å²) < 4.78 is 1.64. The predicted molar refractivity (Wildman–Crippen MR) is 76.0 cm³/mol. The van der Waals surface area contributed by atoms with Crippen molar-refractivity contribution in [1.82, 2.24) is 25.1 Å². The van der Waals surface area contributed by atoms with Gasteiger partial charge in [0.2, 0.25) is 0 Å². The fourth-order valence-corrected chi connectivity index (χ4v) is 2.64. The number of fused-ring (bicyclic) bond motifs is 1. The van der Waals surface area contributed by atoms with Crippen molar-refractivity contribution < 1.29 is 4.79 Å². The predicted octanol–water partition coefficient (Wildman–Crippen LogP) is 0.410. The van der Waals surface area contributed by atoms with E-state index in [2.05, 4.69) is 20.5 Å². The van der Waals surface area contributed by atoms with Crippen LogP contribution in [0.25, 0.3) is 0 Å². The molecule has 0 spiro atoms. The lowest BCUT2D eigenvalue weighted by Crippen LogP contribution is -2.36. The second-order valence-electron chi connectivity index (χ2n) is 5.23. The highest BCUT2D eigenvalue weighted by atomic mass is 16.2. The zero-order chi connectivity index (χ0) is 14.8. The van der Waals surface area contributed by atoms with Gasteiger partial charge in [0, 0.05) is 30.9 Å². The van der Waals surface area contributed by atoms with Crippen molar-refractivity contribution in [3.63, 3.8) is 0 Å². The number of H-pyrrole nitrogens is 1. The molecule has 0 bridgehead atoms. The second-order valence-corrected chi connectivity index (χ2v) is 5.23. The van der Waals surface area contributed by atoms with Crippen LogP contribution < -0.4 is 11.0 Å². The molecule has 0 saturated carbocycles. The van der Waals surface area contributed by atoms with Crippen molar-refractivity contribution in [2.45, 2.75) is 38.8 Å². The number of aryl methyl sites for hydroxylation is 2. The molecule has 21 heavy (non-hydrogen) atoms. The maximum atomic E-state index is 12.3. The average molecular weight is 287 g/mol. The van der Waals surface area contributed by atoms with Crippen LogP contribution in [0.4, 0.5) is 0 Å². The third-order valence-electron chi connectivity index (χ3n) is 3.84. The molecular formula is C14H17N5O2. The van der Waals surface area contributed by atoms with Gasteiger partial charge in [-0.1, -0.05) is 0 Å². The molecule has 1 atom stereocenters. The summed E-state index contributed by atoms with van der Waals surface area (Å²) in [6.07, 6.45) is 3.84. The van der Waals surface area contributed by atoms with Crippen LogP contribution >= 0.6 is 0 Å². The number of hydrogen-bond donors (Lipinski definition) is 2. The van der Waals surface area contributed by atoms with E-state index in [1.54, 1.807) is 22.9 Å². The molecule has 1 aliphatic heterocycles. The number of pyridine rings is 1. The van der Waals surface area contributed by atoms with Gasteiger partial charge in [-0.2, -0.15) is 5.10 Å². The number of rotatable bonds is 2. The van der Waals surface area contributed by atoms with Crippen LogP contribution in [0.5, 0.6) is 0 Å². The van der Waals surface area contributed by atoms with Gasteiger partial charge in [0.15, 0.2) is 0 Å². The summed E-state index contributed by atoms with van der Waals surface area (Å²) in [6, 6.07) is 3.56. The number of aromatic nitrogens is 4. The monoisotopic (exact) mass is 287 g/mol. The minimum Gasteiger partial charge on any atom is -0.349 e. The Morgan fingerprint density at radius 1 is 1.48 bits per heavy atom. The molecule has 0 radical (unpaired) electrons. The molecule has 2 aromatic rings. The lowest BCUT2D eigenvalue weighted by Gasteiger charge is -2.16. The summed E-state index contributed by atoms with van der Waals surface area (Å²) >= 11 is 0. The first kappa shape index (κ1) is 13.5. The Hall–Kier alpha value is -2.44. The topological polar surface area (TPSA) is 92.7 Å². The molecule has 2 N–H and O–H groups in total. The van der Waals surface area contributed by atoms with E-state index >= 15 is 0 Å². The molecule has 0 saturated heterocycles. The quantitative estimate of drug-likeness (QED) is 0.836. The molecule has 2 aromatic heterocycles. The Balaban J connectivity index is 1.69. The first-order valence-electron chi connectivity index (χ1n) is 7.01. The summed E-state index contributed by atoms with van der Waals surface area (Å²) in [4.78, 5) is 28.0. The molecule has 1 aliphatic rings. The minimum atomic E-state index is -0.180. The number of amides is 1. The Morgan fingerprint density at radius 2 is 2.33 bits per heavy atom. The number of nitrogens with one attached hydrogen (secondary N) is 2. The lowest BCUT2D eigenvalue weighted by molar-refractivity contribution is 0.0932. The van der Waals surface area contributed by atoms with Crippen LogP contribution in [0.3, 0.4) is 0 Å². The molecule has 7 nitrogen and oxygen atoms in total. The summed E-state index contributed by atoms with van der Waals surface area (Å²) in [6.45, 7) is 2.39.